The second-order valence-corrected chi connectivity index (χ2v) is 20.9. The van der Waals surface area contributed by atoms with Crippen molar-refractivity contribution >= 4 is 61.7 Å². The number of nitrogens with one attached hydrogen (secondary N) is 1. The molecule has 14 aromatic rings. The predicted octanol–water partition coefficient (Wildman–Crippen LogP) is 12.2. The van der Waals surface area contributed by atoms with Gasteiger partial charge in [-0.3, -0.25) is 8.80 Å². The SMILES string of the molecule is NCc1ccc(-c2nc3ccn4c(N)nnc4c3cc2-c2ccccc2)cc1.NNc1nccc2nc(-c3ccc(C4OCCO4)cc3)c(-c3ccccc3)cc12.Nc1nnc2c3cc(-c4ccccc4)c(-c4ccc(C5OCCO5)cc4)nc3ccn12. The van der Waals surface area contributed by atoms with Crippen molar-refractivity contribution in [2.24, 2.45) is 11.6 Å². The van der Waals surface area contributed by atoms with Crippen LogP contribution in [0, 0.1) is 0 Å². The lowest BCUT2D eigenvalue weighted by Crippen LogP contribution is -2.09. The third-order valence-corrected chi connectivity index (χ3v) is 15.5. The molecule has 2 aliphatic heterocycles. The van der Waals surface area contributed by atoms with Crippen molar-refractivity contribution in [2.75, 3.05) is 43.3 Å². The maximum Gasteiger partial charge on any atom is 0.226 e. The van der Waals surface area contributed by atoms with E-state index in [-0.39, 0.29) is 12.6 Å². The van der Waals surface area contributed by atoms with Crippen LogP contribution in [0.2, 0.25) is 0 Å². The highest BCUT2D eigenvalue weighted by Crippen LogP contribution is 2.39. The number of hydrogen-bond donors (Lipinski definition) is 5. The number of rotatable bonds is 10. The normalized spacial score (nSPS) is 13.5. The quantitative estimate of drug-likeness (QED) is 0.0629. The van der Waals surface area contributed by atoms with Gasteiger partial charge in [0.05, 0.1) is 60.1 Å². The van der Waals surface area contributed by atoms with E-state index in [1.807, 2.05) is 122 Å². The lowest BCUT2D eigenvalue weighted by Gasteiger charge is -2.14. The van der Waals surface area contributed by atoms with Gasteiger partial charge in [0, 0.05) is 85.8 Å². The molecule has 2 saturated heterocycles. The molecule has 0 aliphatic carbocycles. The van der Waals surface area contributed by atoms with Gasteiger partial charge in [0.2, 0.25) is 11.9 Å². The molecule has 16 rings (SSSR count). The van der Waals surface area contributed by atoms with Gasteiger partial charge in [-0.25, -0.2) is 25.8 Å². The van der Waals surface area contributed by atoms with Crippen LogP contribution < -0.4 is 28.5 Å². The molecule has 0 amide bonds. The van der Waals surface area contributed by atoms with Crippen LogP contribution >= 0.6 is 0 Å². The van der Waals surface area contributed by atoms with Crippen LogP contribution in [0.1, 0.15) is 29.3 Å². The Hall–Kier alpha value is -10.9. The number of pyridine rings is 6. The first-order valence-electron chi connectivity index (χ1n) is 28.6. The highest BCUT2D eigenvalue weighted by atomic mass is 16.7. The molecular formula is C69H57N15O4. The van der Waals surface area contributed by atoms with E-state index < -0.39 is 0 Å². The van der Waals surface area contributed by atoms with Gasteiger partial charge in [0.15, 0.2) is 23.9 Å². The number of hydrazine groups is 1. The third-order valence-electron chi connectivity index (χ3n) is 15.5. The first-order valence-corrected chi connectivity index (χ1v) is 28.6. The van der Waals surface area contributed by atoms with Crippen molar-refractivity contribution in [3.8, 4) is 67.2 Å². The van der Waals surface area contributed by atoms with Crippen LogP contribution in [0.4, 0.5) is 17.7 Å². The summed E-state index contributed by atoms with van der Waals surface area (Å²) >= 11 is 0. The average Bonchev–Trinajstić information content (AvgIpc) is 1.87. The van der Waals surface area contributed by atoms with Crippen LogP contribution in [0.25, 0.3) is 111 Å². The van der Waals surface area contributed by atoms with Gasteiger partial charge < -0.3 is 41.6 Å². The van der Waals surface area contributed by atoms with E-state index in [0.29, 0.717) is 62.0 Å². The Bertz CT molecular complexity index is 4790. The van der Waals surface area contributed by atoms with Crippen molar-refractivity contribution in [3.63, 3.8) is 0 Å². The van der Waals surface area contributed by atoms with E-state index in [2.05, 4.69) is 122 Å². The molecule has 9 N–H and O–H groups in total. The molecule has 2 fully saturated rings. The van der Waals surface area contributed by atoms with Gasteiger partial charge in [-0.1, -0.05) is 164 Å². The second-order valence-electron chi connectivity index (χ2n) is 20.9. The van der Waals surface area contributed by atoms with E-state index in [1.165, 1.54) is 0 Å². The Morgan fingerprint density at radius 1 is 0.420 bits per heavy atom. The Morgan fingerprint density at radius 3 is 1.18 bits per heavy atom. The summed E-state index contributed by atoms with van der Waals surface area (Å²) in [4.78, 5) is 19.3. The number of nitrogens with two attached hydrogens (primary N) is 4. The fourth-order valence-corrected chi connectivity index (χ4v) is 11.1. The molecule has 0 radical (unpaired) electrons. The highest BCUT2D eigenvalue weighted by molar-refractivity contribution is 6.00. The number of nitrogens with zero attached hydrogens (tertiary/aromatic N) is 10. The number of fused-ring (bicyclic) bond motifs is 7. The smallest absolute Gasteiger partial charge is 0.226 e. The number of anilines is 3. The van der Waals surface area contributed by atoms with Gasteiger partial charge in [0.1, 0.15) is 5.82 Å². The van der Waals surface area contributed by atoms with Crippen molar-refractivity contribution in [1.82, 2.24) is 49.1 Å². The molecule has 6 aromatic carbocycles. The number of aromatic nitrogens is 10. The van der Waals surface area contributed by atoms with Crippen molar-refractivity contribution in [2.45, 2.75) is 19.1 Å². The number of hydrogen-bond acceptors (Lipinski definition) is 17. The standard InChI is InChI=1S/C24H19N5O2.C23H20N4O2.C22H18N6/c25-24-28-27-22-19-14-18(15-4-2-1-3-5-15)21(26-20(19)10-11-29(22)24)16-6-8-17(9-7-16)23-30-12-13-31-23;24-27-22-19-14-18(15-4-2-1-3-5-15)21(26-20(19)10-11-25-22)16-6-8-17(9-7-16)23-28-12-13-29-23;23-13-14-6-8-16(9-7-14)20-17(15-4-2-1-3-5-15)12-18-19(25-20)10-11-28-21(18)26-27-22(28)24/h1-11,14,23H,12-13H2,(H2,25,28);1-11,14,23H,12-13,24H2,(H,25,27);1-12H,13,23H2,(H2,24,27). The first-order chi connectivity index (χ1) is 43.3. The van der Waals surface area contributed by atoms with E-state index >= 15 is 0 Å². The van der Waals surface area contributed by atoms with Gasteiger partial charge in [-0.05, 0) is 58.7 Å². The second kappa shape index (κ2) is 24.2. The Kier molecular flexibility index (Phi) is 15.1. The van der Waals surface area contributed by atoms with Crippen LogP contribution in [0.15, 0.2) is 219 Å². The molecule has 0 spiro atoms. The summed E-state index contributed by atoms with van der Waals surface area (Å²) in [6.07, 6.45) is 4.83. The summed E-state index contributed by atoms with van der Waals surface area (Å²) < 4.78 is 26.0. The minimum atomic E-state index is -0.293. The lowest BCUT2D eigenvalue weighted by atomic mass is 9.97. The van der Waals surface area contributed by atoms with E-state index in [1.54, 1.807) is 15.0 Å². The fraction of sp³-hybridized carbons (Fsp3) is 0.101. The third kappa shape index (κ3) is 10.8. The molecule has 10 heterocycles. The molecular weight excluding hydrogens is 1100 g/mol. The molecule has 0 unspecified atom stereocenters. The summed E-state index contributed by atoms with van der Waals surface area (Å²) in [5.41, 5.74) is 39.4. The molecule has 0 atom stereocenters. The zero-order chi connectivity index (χ0) is 59.5. The predicted molar refractivity (Wildman–Crippen MR) is 343 cm³/mol. The van der Waals surface area contributed by atoms with Gasteiger partial charge in [-0.15, -0.1) is 20.4 Å². The van der Waals surface area contributed by atoms with Crippen LogP contribution in [0.5, 0.6) is 0 Å². The molecule has 0 saturated carbocycles. The lowest BCUT2D eigenvalue weighted by molar-refractivity contribution is -0.0443. The number of nitrogen functional groups attached to an aromatic ring is 3. The van der Waals surface area contributed by atoms with E-state index in [4.69, 9.17) is 56.9 Å². The van der Waals surface area contributed by atoms with Gasteiger partial charge in [-0.2, -0.15) is 0 Å². The summed E-state index contributed by atoms with van der Waals surface area (Å²) in [5.74, 6) is 6.98. The van der Waals surface area contributed by atoms with Gasteiger partial charge >= 0.3 is 0 Å². The topological polar surface area (TPSA) is 265 Å². The molecule has 88 heavy (non-hydrogen) atoms. The average molecular weight is 1160 g/mol. The number of benzene rings is 6. The van der Waals surface area contributed by atoms with Crippen LogP contribution in [0.3, 0.4) is 0 Å². The van der Waals surface area contributed by atoms with Crippen molar-refractivity contribution < 1.29 is 18.9 Å². The van der Waals surface area contributed by atoms with E-state index in [0.717, 1.165) is 117 Å². The zero-order valence-electron chi connectivity index (χ0n) is 47.4. The fourth-order valence-electron chi connectivity index (χ4n) is 11.1. The highest BCUT2D eigenvalue weighted by Gasteiger charge is 2.22. The van der Waals surface area contributed by atoms with Crippen molar-refractivity contribution in [1.29, 1.82) is 0 Å². The molecule has 19 heteroatoms. The zero-order valence-corrected chi connectivity index (χ0v) is 47.4. The van der Waals surface area contributed by atoms with Gasteiger partial charge in [0.25, 0.3) is 0 Å². The summed E-state index contributed by atoms with van der Waals surface area (Å²) in [6.45, 7) is 3.02. The molecule has 2 aliphatic rings. The maximum absolute atomic E-state index is 5.95. The molecule has 432 valence electrons. The maximum atomic E-state index is 5.95. The summed E-state index contributed by atoms with van der Waals surface area (Å²) in [7, 11) is 0. The Labute approximate surface area is 504 Å². The largest absolute Gasteiger partial charge is 0.368 e. The van der Waals surface area contributed by atoms with Crippen molar-refractivity contribution in [3.05, 3.63) is 235 Å². The number of ether oxygens (including phenoxy) is 4. The van der Waals surface area contributed by atoms with Crippen LogP contribution in [-0.4, -0.2) is 75.6 Å². The minimum Gasteiger partial charge on any atom is -0.368 e. The monoisotopic (exact) mass is 1160 g/mol. The van der Waals surface area contributed by atoms with Crippen LogP contribution in [-0.2, 0) is 25.5 Å². The summed E-state index contributed by atoms with van der Waals surface area (Å²) in [5, 5.41) is 19.2. The summed E-state index contributed by atoms with van der Waals surface area (Å²) in [6, 6.07) is 67.3. The Morgan fingerprint density at radius 2 is 0.795 bits per heavy atom. The molecule has 0 bridgehead atoms. The van der Waals surface area contributed by atoms with E-state index in [9.17, 15) is 0 Å². The Balaban J connectivity index is 0.000000116. The minimum absolute atomic E-state index is 0.286. The molecule has 19 nitrogen and oxygen atoms in total. The first kappa shape index (κ1) is 55.0. The molecule has 8 aromatic heterocycles.